The topological polar surface area (TPSA) is 41.4 Å². The molecular weight excluding hydrogens is 312 g/mol. The van der Waals surface area contributed by atoms with Crippen LogP contribution in [0.3, 0.4) is 0 Å². The number of carbonyl (C=O) groups excluding carboxylic acids is 1. The SMILES string of the molecule is Cc1nccn1-c1ccc(C2C(C)CC(=O)CN2N2C=CCC2)cc1. The molecule has 1 saturated heterocycles. The van der Waals surface area contributed by atoms with Crippen molar-refractivity contribution in [1.29, 1.82) is 0 Å². The zero-order valence-electron chi connectivity index (χ0n) is 14.8. The van der Waals surface area contributed by atoms with Gasteiger partial charge in [0.2, 0.25) is 0 Å². The molecule has 2 aliphatic heterocycles. The molecular formula is C20H24N4O. The largest absolute Gasteiger partial charge is 0.312 e. The number of carbonyl (C=O) groups is 1. The number of hydrazine groups is 1. The minimum absolute atomic E-state index is 0.235. The fraction of sp³-hybridized carbons (Fsp3) is 0.400. The second-order valence-electron chi connectivity index (χ2n) is 7.04. The summed E-state index contributed by atoms with van der Waals surface area (Å²) in [6.07, 6.45) is 9.78. The lowest BCUT2D eigenvalue weighted by atomic mass is 9.86. The van der Waals surface area contributed by atoms with Crippen LogP contribution >= 0.6 is 0 Å². The van der Waals surface area contributed by atoms with Gasteiger partial charge in [-0.2, -0.15) is 0 Å². The lowest BCUT2D eigenvalue weighted by molar-refractivity contribution is -0.136. The molecule has 2 aromatic rings. The van der Waals surface area contributed by atoms with Crippen LogP contribution in [-0.4, -0.2) is 38.4 Å². The molecule has 0 amide bonds. The highest BCUT2D eigenvalue weighted by Crippen LogP contribution is 2.36. The molecule has 4 rings (SSSR count). The summed E-state index contributed by atoms with van der Waals surface area (Å²) in [5.74, 6) is 1.61. The van der Waals surface area contributed by atoms with Crippen molar-refractivity contribution >= 4 is 5.78 Å². The molecule has 0 bridgehead atoms. The Kier molecular flexibility index (Phi) is 4.17. The Morgan fingerprint density at radius 2 is 2.00 bits per heavy atom. The highest BCUT2D eigenvalue weighted by molar-refractivity contribution is 5.81. The van der Waals surface area contributed by atoms with Gasteiger partial charge in [0, 0.05) is 37.2 Å². The normalized spacial score (nSPS) is 24.2. The minimum Gasteiger partial charge on any atom is -0.312 e. The second kappa shape index (κ2) is 6.48. The predicted octanol–water partition coefficient (Wildman–Crippen LogP) is 3.27. The molecule has 5 nitrogen and oxygen atoms in total. The van der Waals surface area contributed by atoms with E-state index in [0.29, 0.717) is 24.7 Å². The number of hydrogen-bond donors (Lipinski definition) is 0. The summed E-state index contributed by atoms with van der Waals surface area (Å²) in [4.78, 5) is 16.5. The summed E-state index contributed by atoms with van der Waals surface area (Å²) in [6, 6.07) is 8.91. The van der Waals surface area contributed by atoms with Crippen molar-refractivity contribution in [2.45, 2.75) is 32.7 Å². The van der Waals surface area contributed by atoms with E-state index in [0.717, 1.165) is 24.5 Å². The average molecular weight is 336 g/mol. The quantitative estimate of drug-likeness (QED) is 0.863. The van der Waals surface area contributed by atoms with Crippen LogP contribution in [0.5, 0.6) is 0 Å². The monoisotopic (exact) mass is 336 g/mol. The van der Waals surface area contributed by atoms with Crippen LogP contribution in [0.4, 0.5) is 0 Å². The van der Waals surface area contributed by atoms with Crippen LogP contribution in [0.1, 0.15) is 37.2 Å². The molecule has 1 aromatic heterocycles. The maximum absolute atomic E-state index is 12.2. The molecule has 3 heterocycles. The van der Waals surface area contributed by atoms with E-state index >= 15 is 0 Å². The Morgan fingerprint density at radius 1 is 1.20 bits per heavy atom. The summed E-state index contributed by atoms with van der Waals surface area (Å²) >= 11 is 0. The summed E-state index contributed by atoms with van der Waals surface area (Å²) in [5.41, 5.74) is 2.38. The zero-order valence-corrected chi connectivity index (χ0v) is 14.8. The second-order valence-corrected chi connectivity index (χ2v) is 7.04. The van der Waals surface area contributed by atoms with Crippen LogP contribution in [-0.2, 0) is 4.79 Å². The van der Waals surface area contributed by atoms with Crippen molar-refractivity contribution in [2.75, 3.05) is 13.1 Å². The van der Waals surface area contributed by atoms with Gasteiger partial charge >= 0.3 is 0 Å². The maximum Gasteiger partial charge on any atom is 0.149 e. The highest BCUT2D eigenvalue weighted by atomic mass is 16.1. The minimum atomic E-state index is 0.235. The third-order valence-corrected chi connectivity index (χ3v) is 5.22. The van der Waals surface area contributed by atoms with Gasteiger partial charge in [-0.15, -0.1) is 0 Å². The van der Waals surface area contributed by atoms with Gasteiger partial charge in [0.05, 0.1) is 12.6 Å². The number of Topliss-reactive ketones (excluding diaryl/α,β-unsaturated/α-hetero) is 1. The van der Waals surface area contributed by atoms with Crippen LogP contribution < -0.4 is 0 Å². The van der Waals surface area contributed by atoms with E-state index in [1.807, 2.05) is 19.3 Å². The number of imidazole rings is 1. The van der Waals surface area contributed by atoms with Crippen molar-refractivity contribution in [3.8, 4) is 5.69 Å². The highest BCUT2D eigenvalue weighted by Gasteiger charge is 2.36. The Balaban J connectivity index is 1.64. The molecule has 1 aromatic carbocycles. The Hall–Kier alpha value is -2.40. The zero-order chi connectivity index (χ0) is 17.4. The first kappa shape index (κ1) is 16.1. The number of aryl methyl sites for hydroxylation is 1. The van der Waals surface area contributed by atoms with E-state index in [1.54, 1.807) is 0 Å². The van der Waals surface area contributed by atoms with E-state index in [2.05, 4.69) is 63.0 Å². The molecule has 0 spiro atoms. The number of piperidine rings is 1. The van der Waals surface area contributed by atoms with E-state index in [1.165, 1.54) is 5.56 Å². The van der Waals surface area contributed by atoms with E-state index in [9.17, 15) is 4.79 Å². The van der Waals surface area contributed by atoms with Gasteiger partial charge < -0.3 is 9.58 Å². The van der Waals surface area contributed by atoms with Crippen LogP contribution in [0.2, 0.25) is 0 Å². The van der Waals surface area contributed by atoms with Gasteiger partial charge in [-0.05, 0) is 37.0 Å². The lowest BCUT2D eigenvalue weighted by Crippen LogP contribution is -2.49. The molecule has 0 N–H and O–H groups in total. The summed E-state index contributed by atoms with van der Waals surface area (Å²) in [6.45, 7) is 5.65. The first-order valence-corrected chi connectivity index (χ1v) is 8.95. The van der Waals surface area contributed by atoms with Crippen LogP contribution in [0.25, 0.3) is 5.69 Å². The first-order valence-electron chi connectivity index (χ1n) is 8.95. The molecule has 25 heavy (non-hydrogen) atoms. The summed E-state index contributed by atoms with van der Waals surface area (Å²) in [7, 11) is 0. The van der Waals surface area contributed by atoms with Crippen molar-refractivity contribution < 1.29 is 4.79 Å². The van der Waals surface area contributed by atoms with Crippen molar-refractivity contribution in [3.05, 3.63) is 60.3 Å². The van der Waals surface area contributed by atoms with Gasteiger partial charge in [-0.3, -0.25) is 4.79 Å². The standard InChI is InChI=1S/C20H24N4O/c1-15-13-19(25)14-24(22-10-3-4-11-22)20(15)17-5-7-18(8-6-17)23-12-9-21-16(23)2/h3,5-10,12,15,20H,4,11,13-14H2,1-2H3. The maximum atomic E-state index is 12.2. The summed E-state index contributed by atoms with van der Waals surface area (Å²) in [5, 5.41) is 4.46. The predicted molar refractivity (Wildman–Crippen MR) is 97.0 cm³/mol. The molecule has 130 valence electrons. The molecule has 5 heteroatoms. The molecule has 1 fully saturated rings. The van der Waals surface area contributed by atoms with E-state index in [4.69, 9.17) is 0 Å². The van der Waals surface area contributed by atoms with Crippen molar-refractivity contribution in [3.63, 3.8) is 0 Å². The summed E-state index contributed by atoms with van der Waals surface area (Å²) < 4.78 is 2.08. The third kappa shape index (κ3) is 3.00. The molecule has 2 atom stereocenters. The fourth-order valence-electron chi connectivity index (χ4n) is 4.03. The number of benzene rings is 1. The Bertz CT molecular complexity index is 792. The van der Waals surface area contributed by atoms with Gasteiger partial charge in [0.15, 0.2) is 0 Å². The van der Waals surface area contributed by atoms with Crippen LogP contribution in [0.15, 0.2) is 48.9 Å². The first-order chi connectivity index (χ1) is 12.1. The molecule has 0 aliphatic carbocycles. The number of nitrogens with zero attached hydrogens (tertiary/aromatic N) is 4. The molecule has 2 unspecified atom stereocenters. The lowest BCUT2D eigenvalue weighted by Gasteiger charge is -2.44. The Labute approximate surface area is 148 Å². The fourth-order valence-corrected chi connectivity index (χ4v) is 4.03. The smallest absolute Gasteiger partial charge is 0.149 e. The number of ketones is 1. The van der Waals surface area contributed by atoms with Gasteiger partial charge in [0.1, 0.15) is 11.6 Å². The van der Waals surface area contributed by atoms with Crippen molar-refractivity contribution in [1.82, 2.24) is 19.6 Å². The average Bonchev–Trinajstić information content (AvgIpc) is 3.26. The molecule has 2 aliphatic rings. The van der Waals surface area contributed by atoms with Gasteiger partial charge in [-0.1, -0.05) is 25.1 Å². The van der Waals surface area contributed by atoms with E-state index in [-0.39, 0.29) is 6.04 Å². The number of rotatable bonds is 3. The molecule has 0 saturated carbocycles. The van der Waals surface area contributed by atoms with Crippen LogP contribution in [0, 0.1) is 12.8 Å². The number of hydrogen-bond acceptors (Lipinski definition) is 4. The van der Waals surface area contributed by atoms with Gasteiger partial charge in [0.25, 0.3) is 0 Å². The van der Waals surface area contributed by atoms with E-state index < -0.39 is 0 Å². The van der Waals surface area contributed by atoms with Crippen molar-refractivity contribution in [2.24, 2.45) is 5.92 Å². The Morgan fingerprint density at radius 3 is 2.64 bits per heavy atom. The third-order valence-electron chi connectivity index (χ3n) is 5.22. The number of aromatic nitrogens is 2. The molecule has 0 radical (unpaired) electrons. The van der Waals surface area contributed by atoms with Gasteiger partial charge in [-0.25, -0.2) is 9.99 Å².